The fourth-order valence-electron chi connectivity index (χ4n) is 0.629. The van der Waals surface area contributed by atoms with Gasteiger partial charge in [-0.25, -0.2) is 0 Å². The molecule has 0 aliphatic heterocycles. The molecule has 0 bridgehead atoms. The number of pyridine rings is 1. The monoisotopic (exact) mass is 175 g/mol. The summed E-state index contributed by atoms with van der Waals surface area (Å²) in [6.07, 6.45) is 0. The van der Waals surface area contributed by atoms with E-state index in [0.717, 1.165) is 0 Å². The smallest absolute Gasteiger partial charge is 0.234 e. The van der Waals surface area contributed by atoms with Crippen LogP contribution in [0.25, 0.3) is 0 Å². The topological polar surface area (TPSA) is 22.1 Å². The van der Waals surface area contributed by atoms with Gasteiger partial charge in [0, 0.05) is 6.07 Å². The van der Waals surface area contributed by atoms with E-state index in [1.807, 2.05) is 0 Å². The third-order valence-electron chi connectivity index (χ3n) is 1.07. The minimum absolute atomic E-state index is 0.00783. The highest BCUT2D eigenvalue weighted by Crippen LogP contribution is 2.15. The van der Waals surface area contributed by atoms with Crippen molar-refractivity contribution in [3.8, 4) is 5.88 Å². The van der Waals surface area contributed by atoms with E-state index in [9.17, 15) is 4.39 Å². The fraction of sp³-hybridized carbons (Fsp3) is 0.286. The molecular formula is C7H7ClFNO. The predicted octanol–water partition coefficient (Wildman–Crippen LogP) is 2.27. The molecule has 0 unspecified atom stereocenters. The molecule has 2 nitrogen and oxygen atoms in total. The average molecular weight is 176 g/mol. The Morgan fingerprint density at radius 1 is 1.64 bits per heavy atom. The van der Waals surface area contributed by atoms with Gasteiger partial charge in [-0.1, -0.05) is 11.6 Å². The van der Waals surface area contributed by atoms with Gasteiger partial charge in [-0.2, -0.15) is 9.37 Å². The number of aromatic nitrogens is 1. The molecule has 1 aromatic rings. The Morgan fingerprint density at radius 3 is 2.91 bits per heavy atom. The third kappa shape index (κ3) is 2.05. The van der Waals surface area contributed by atoms with E-state index in [-0.39, 0.29) is 10.9 Å². The second-order valence-corrected chi connectivity index (χ2v) is 2.26. The average Bonchev–Trinajstić information content (AvgIpc) is 1.98. The molecule has 0 aromatic carbocycles. The van der Waals surface area contributed by atoms with E-state index in [4.69, 9.17) is 16.3 Å². The summed E-state index contributed by atoms with van der Waals surface area (Å²) in [6.45, 7) is 2.27. The summed E-state index contributed by atoms with van der Waals surface area (Å²) in [5.74, 6) is -0.438. The molecular weight excluding hydrogens is 169 g/mol. The first kappa shape index (κ1) is 8.27. The first-order valence-electron chi connectivity index (χ1n) is 3.19. The highest BCUT2D eigenvalue weighted by molar-refractivity contribution is 6.30. The summed E-state index contributed by atoms with van der Waals surface area (Å²) < 4.78 is 17.5. The lowest BCUT2D eigenvalue weighted by Crippen LogP contribution is -1.95. The van der Waals surface area contributed by atoms with Crippen molar-refractivity contribution >= 4 is 11.6 Å². The molecule has 1 heterocycles. The molecule has 0 radical (unpaired) electrons. The normalized spacial score (nSPS) is 9.73. The number of rotatable bonds is 2. The zero-order valence-corrected chi connectivity index (χ0v) is 6.73. The van der Waals surface area contributed by atoms with Gasteiger partial charge < -0.3 is 4.74 Å². The number of hydrogen-bond acceptors (Lipinski definition) is 2. The van der Waals surface area contributed by atoms with Crippen LogP contribution in [0.1, 0.15) is 6.92 Å². The van der Waals surface area contributed by atoms with Crippen molar-refractivity contribution < 1.29 is 9.13 Å². The Labute approximate surface area is 69.0 Å². The standard InChI is InChI=1S/C7H7ClFNO/c1-2-11-6-4-3-5(8)7(9)10-6/h3-4H,2H2,1H3. The maximum Gasteiger partial charge on any atom is 0.234 e. The Hall–Kier alpha value is -0.830. The zero-order chi connectivity index (χ0) is 8.27. The van der Waals surface area contributed by atoms with Crippen LogP contribution >= 0.6 is 11.6 Å². The molecule has 0 fully saturated rings. The van der Waals surface area contributed by atoms with Gasteiger partial charge in [0.25, 0.3) is 0 Å². The Kier molecular flexibility index (Phi) is 2.65. The lowest BCUT2D eigenvalue weighted by atomic mass is 10.5. The molecule has 0 aliphatic rings. The molecule has 1 aromatic heterocycles. The molecule has 11 heavy (non-hydrogen) atoms. The van der Waals surface area contributed by atoms with Gasteiger partial charge in [0.05, 0.1) is 11.6 Å². The van der Waals surface area contributed by atoms with Gasteiger partial charge in [-0.05, 0) is 13.0 Å². The van der Waals surface area contributed by atoms with Crippen LogP contribution in [0.15, 0.2) is 12.1 Å². The van der Waals surface area contributed by atoms with E-state index in [1.165, 1.54) is 12.1 Å². The molecule has 0 aliphatic carbocycles. The molecule has 0 N–H and O–H groups in total. The second kappa shape index (κ2) is 3.53. The molecule has 0 spiro atoms. The largest absolute Gasteiger partial charge is 0.478 e. The van der Waals surface area contributed by atoms with Crippen molar-refractivity contribution in [3.05, 3.63) is 23.1 Å². The highest BCUT2D eigenvalue weighted by Gasteiger charge is 2.01. The highest BCUT2D eigenvalue weighted by atomic mass is 35.5. The fourth-order valence-corrected chi connectivity index (χ4v) is 0.734. The van der Waals surface area contributed by atoms with E-state index in [2.05, 4.69) is 4.98 Å². The minimum atomic E-state index is -0.697. The maximum absolute atomic E-state index is 12.6. The van der Waals surface area contributed by atoms with Crippen LogP contribution in [-0.2, 0) is 0 Å². The first-order valence-corrected chi connectivity index (χ1v) is 3.56. The van der Waals surface area contributed by atoms with Crippen LogP contribution in [0.5, 0.6) is 5.88 Å². The molecule has 1 rings (SSSR count). The molecule has 0 amide bonds. The van der Waals surface area contributed by atoms with Crippen molar-refractivity contribution in [3.63, 3.8) is 0 Å². The van der Waals surface area contributed by atoms with Gasteiger partial charge >= 0.3 is 0 Å². The van der Waals surface area contributed by atoms with Gasteiger partial charge in [0.15, 0.2) is 0 Å². The Bertz CT molecular complexity index is 254. The quantitative estimate of drug-likeness (QED) is 0.644. The summed E-state index contributed by atoms with van der Waals surface area (Å²) in [4.78, 5) is 3.44. The van der Waals surface area contributed by atoms with Crippen LogP contribution < -0.4 is 4.74 Å². The van der Waals surface area contributed by atoms with Gasteiger partial charge in [-0.15, -0.1) is 0 Å². The van der Waals surface area contributed by atoms with Gasteiger partial charge in [-0.3, -0.25) is 0 Å². The second-order valence-electron chi connectivity index (χ2n) is 1.86. The van der Waals surface area contributed by atoms with Gasteiger partial charge in [0.1, 0.15) is 0 Å². The Balaban J connectivity index is 2.86. The van der Waals surface area contributed by atoms with Crippen LogP contribution in [-0.4, -0.2) is 11.6 Å². The molecule has 0 atom stereocenters. The summed E-state index contributed by atoms with van der Waals surface area (Å²) >= 11 is 5.39. The third-order valence-corrected chi connectivity index (χ3v) is 1.35. The number of ether oxygens (including phenoxy) is 1. The summed E-state index contributed by atoms with van der Waals surface area (Å²) in [6, 6.07) is 2.93. The SMILES string of the molecule is CCOc1ccc(Cl)c(F)n1. The van der Waals surface area contributed by atoms with Crippen molar-refractivity contribution in [2.24, 2.45) is 0 Å². The molecule has 4 heteroatoms. The number of halogens is 2. The minimum Gasteiger partial charge on any atom is -0.478 e. The molecule has 0 saturated heterocycles. The van der Waals surface area contributed by atoms with Crippen molar-refractivity contribution in [2.45, 2.75) is 6.92 Å². The number of hydrogen-bond donors (Lipinski definition) is 0. The first-order chi connectivity index (χ1) is 5.24. The van der Waals surface area contributed by atoms with Crippen molar-refractivity contribution in [1.29, 1.82) is 0 Å². The number of nitrogens with zero attached hydrogens (tertiary/aromatic N) is 1. The van der Waals surface area contributed by atoms with Crippen LogP contribution in [0, 0.1) is 5.95 Å². The Morgan fingerprint density at radius 2 is 2.36 bits per heavy atom. The lowest BCUT2D eigenvalue weighted by molar-refractivity contribution is 0.321. The lowest BCUT2D eigenvalue weighted by Gasteiger charge is -2.00. The van der Waals surface area contributed by atoms with E-state index in [1.54, 1.807) is 6.92 Å². The maximum atomic E-state index is 12.6. The zero-order valence-electron chi connectivity index (χ0n) is 5.97. The molecule has 60 valence electrons. The van der Waals surface area contributed by atoms with Crippen molar-refractivity contribution in [1.82, 2.24) is 4.98 Å². The van der Waals surface area contributed by atoms with E-state index in [0.29, 0.717) is 6.61 Å². The molecule has 0 saturated carbocycles. The van der Waals surface area contributed by atoms with E-state index < -0.39 is 5.95 Å². The van der Waals surface area contributed by atoms with Crippen molar-refractivity contribution in [2.75, 3.05) is 6.61 Å². The van der Waals surface area contributed by atoms with Crippen LogP contribution in [0.2, 0.25) is 5.02 Å². The summed E-state index contributed by atoms with van der Waals surface area (Å²) in [5.41, 5.74) is 0. The van der Waals surface area contributed by atoms with Crippen LogP contribution in [0.4, 0.5) is 4.39 Å². The summed E-state index contributed by atoms with van der Waals surface area (Å²) in [7, 11) is 0. The van der Waals surface area contributed by atoms with E-state index >= 15 is 0 Å². The van der Waals surface area contributed by atoms with Gasteiger partial charge in [0.2, 0.25) is 11.8 Å². The summed E-state index contributed by atoms with van der Waals surface area (Å²) in [5, 5.41) is 0.00783. The van der Waals surface area contributed by atoms with Crippen LogP contribution in [0.3, 0.4) is 0 Å². The predicted molar refractivity (Wildman–Crippen MR) is 40.4 cm³/mol.